The average molecular weight is 454 g/mol. The minimum Gasteiger partial charge on any atom is -0.325 e. The summed E-state index contributed by atoms with van der Waals surface area (Å²) >= 11 is 3.41. The number of amides is 2. The predicted octanol–water partition coefficient (Wildman–Crippen LogP) is 4.81. The number of anilines is 2. The predicted molar refractivity (Wildman–Crippen MR) is 122 cm³/mol. The molecule has 3 aromatic rings. The molecule has 6 heteroatoms. The van der Waals surface area contributed by atoms with Crippen molar-refractivity contribution in [3.05, 3.63) is 70.7 Å². The third-order valence-electron chi connectivity index (χ3n) is 4.94. The molecule has 0 aromatic heterocycles. The Morgan fingerprint density at radius 1 is 1.00 bits per heavy atom. The van der Waals surface area contributed by atoms with E-state index in [0.717, 1.165) is 32.2 Å². The van der Waals surface area contributed by atoms with E-state index in [9.17, 15) is 9.59 Å². The first kappa shape index (κ1) is 21.0. The number of aryl methyl sites for hydroxylation is 1. The quantitative estimate of drug-likeness (QED) is 0.562. The Hall–Kier alpha value is -2.70. The van der Waals surface area contributed by atoms with E-state index < -0.39 is 6.04 Å². The van der Waals surface area contributed by atoms with E-state index in [2.05, 4.69) is 26.6 Å². The van der Waals surface area contributed by atoms with Crippen LogP contribution < -0.4 is 10.6 Å². The van der Waals surface area contributed by atoms with Gasteiger partial charge in [0.15, 0.2) is 0 Å². The fourth-order valence-electron chi connectivity index (χ4n) is 3.09. The molecule has 3 rings (SSSR count). The second-order valence-corrected chi connectivity index (χ2v) is 8.03. The first-order chi connectivity index (χ1) is 13.8. The summed E-state index contributed by atoms with van der Waals surface area (Å²) in [6, 6.07) is 18.9. The van der Waals surface area contributed by atoms with Crippen molar-refractivity contribution in [2.45, 2.75) is 19.9 Å². The van der Waals surface area contributed by atoms with Crippen LogP contribution >= 0.6 is 15.9 Å². The summed E-state index contributed by atoms with van der Waals surface area (Å²) < 4.78 is 0.962. The van der Waals surface area contributed by atoms with E-state index in [4.69, 9.17) is 0 Å². The second kappa shape index (κ2) is 9.20. The Labute approximate surface area is 179 Å². The summed E-state index contributed by atoms with van der Waals surface area (Å²) in [6.07, 6.45) is 0. The summed E-state index contributed by atoms with van der Waals surface area (Å²) in [5.74, 6) is -0.320. The Kier molecular flexibility index (Phi) is 6.67. The molecule has 1 atom stereocenters. The molecule has 0 aliphatic heterocycles. The van der Waals surface area contributed by atoms with Crippen molar-refractivity contribution in [3.63, 3.8) is 0 Å². The number of halogens is 1. The molecule has 0 radical (unpaired) electrons. The lowest BCUT2D eigenvalue weighted by Gasteiger charge is -2.23. The van der Waals surface area contributed by atoms with Crippen LogP contribution in [0.25, 0.3) is 10.8 Å². The number of benzene rings is 3. The van der Waals surface area contributed by atoms with E-state index in [1.807, 2.05) is 67.6 Å². The molecule has 3 aromatic carbocycles. The molecular weight excluding hydrogens is 430 g/mol. The van der Waals surface area contributed by atoms with Crippen LogP contribution in [0.2, 0.25) is 0 Å². The highest BCUT2D eigenvalue weighted by Crippen LogP contribution is 2.23. The zero-order chi connectivity index (χ0) is 21.0. The summed E-state index contributed by atoms with van der Waals surface area (Å²) in [7, 11) is 1.77. The van der Waals surface area contributed by atoms with E-state index in [0.29, 0.717) is 0 Å². The molecule has 2 amide bonds. The fraction of sp³-hybridized carbons (Fsp3) is 0.217. The first-order valence-electron chi connectivity index (χ1n) is 9.40. The second-order valence-electron chi connectivity index (χ2n) is 7.11. The standard InChI is InChI=1S/C23H24BrN3O2/c1-15-13-18(24)11-12-20(15)25-22(28)14-27(3)16(2)23(29)26-21-10-6-8-17-7-4-5-9-19(17)21/h4-13,16H,14H2,1-3H3,(H,25,28)(H,26,29)/t16-/m0/s1. The van der Waals surface area contributed by atoms with Gasteiger partial charge in [-0.15, -0.1) is 0 Å². The van der Waals surface area contributed by atoms with E-state index in [-0.39, 0.29) is 18.4 Å². The van der Waals surface area contributed by atoms with Gasteiger partial charge in [0, 0.05) is 21.2 Å². The third-order valence-corrected chi connectivity index (χ3v) is 5.44. The zero-order valence-electron chi connectivity index (χ0n) is 16.7. The van der Waals surface area contributed by atoms with Gasteiger partial charge in [-0.1, -0.05) is 52.3 Å². The minimum absolute atomic E-state index is 0.111. The van der Waals surface area contributed by atoms with Crippen molar-refractivity contribution in [2.75, 3.05) is 24.2 Å². The highest BCUT2D eigenvalue weighted by molar-refractivity contribution is 9.10. The highest BCUT2D eigenvalue weighted by atomic mass is 79.9. The van der Waals surface area contributed by atoms with Crippen molar-refractivity contribution >= 4 is 49.9 Å². The third kappa shape index (κ3) is 5.22. The Morgan fingerprint density at radius 2 is 1.72 bits per heavy atom. The van der Waals surface area contributed by atoms with Crippen LogP contribution in [-0.2, 0) is 9.59 Å². The molecule has 0 fully saturated rings. The number of rotatable bonds is 6. The first-order valence-corrected chi connectivity index (χ1v) is 10.2. The molecule has 0 spiro atoms. The monoisotopic (exact) mass is 453 g/mol. The van der Waals surface area contributed by atoms with E-state index >= 15 is 0 Å². The van der Waals surface area contributed by atoms with Gasteiger partial charge in [-0.3, -0.25) is 14.5 Å². The number of hydrogen-bond acceptors (Lipinski definition) is 3. The molecule has 0 unspecified atom stereocenters. The number of carbonyl (C=O) groups excluding carboxylic acids is 2. The molecular formula is C23H24BrN3O2. The summed E-state index contributed by atoms with van der Waals surface area (Å²) in [5.41, 5.74) is 2.50. The minimum atomic E-state index is -0.467. The van der Waals surface area contributed by atoms with Gasteiger partial charge in [0.2, 0.25) is 11.8 Å². The summed E-state index contributed by atoms with van der Waals surface area (Å²) in [5, 5.41) is 7.94. The molecule has 150 valence electrons. The van der Waals surface area contributed by atoms with E-state index in [1.54, 1.807) is 18.9 Å². The lowest BCUT2D eigenvalue weighted by atomic mass is 10.1. The van der Waals surface area contributed by atoms with Gasteiger partial charge in [0.1, 0.15) is 0 Å². The van der Waals surface area contributed by atoms with Crippen molar-refractivity contribution < 1.29 is 9.59 Å². The smallest absolute Gasteiger partial charge is 0.241 e. The van der Waals surface area contributed by atoms with Gasteiger partial charge < -0.3 is 10.6 Å². The van der Waals surface area contributed by atoms with Gasteiger partial charge in [-0.05, 0) is 56.1 Å². The zero-order valence-corrected chi connectivity index (χ0v) is 18.3. The highest BCUT2D eigenvalue weighted by Gasteiger charge is 2.21. The van der Waals surface area contributed by atoms with Crippen LogP contribution in [0.5, 0.6) is 0 Å². The summed E-state index contributed by atoms with van der Waals surface area (Å²) in [4.78, 5) is 26.9. The normalized spacial score (nSPS) is 12.0. The molecule has 0 saturated carbocycles. The van der Waals surface area contributed by atoms with Gasteiger partial charge in [-0.2, -0.15) is 0 Å². The van der Waals surface area contributed by atoms with Gasteiger partial charge >= 0.3 is 0 Å². The maximum Gasteiger partial charge on any atom is 0.241 e. The number of nitrogens with zero attached hydrogens (tertiary/aromatic N) is 1. The number of fused-ring (bicyclic) bond motifs is 1. The van der Waals surface area contributed by atoms with Crippen LogP contribution in [0.3, 0.4) is 0 Å². The van der Waals surface area contributed by atoms with Crippen LogP contribution in [0, 0.1) is 6.92 Å². The van der Waals surface area contributed by atoms with Crippen molar-refractivity contribution in [2.24, 2.45) is 0 Å². The number of carbonyl (C=O) groups is 2. The average Bonchev–Trinajstić information content (AvgIpc) is 2.69. The van der Waals surface area contributed by atoms with Crippen LogP contribution in [0.4, 0.5) is 11.4 Å². The topological polar surface area (TPSA) is 61.4 Å². The molecule has 0 aliphatic rings. The molecule has 5 nitrogen and oxygen atoms in total. The van der Waals surface area contributed by atoms with Crippen molar-refractivity contribution in [3.8, 4) is 0 Å². The van der Waals surface area contributed by atoms with Gasteiger partial charge in [0.05, 0.1) is 12.6 Å². The van der Waals surface area contributed by atoms with Crippen LogP contribution in [0.15, 0.2) is 65.1 Å². The molecule has 0 saturated heterocycles. The summed E-state index contributed by atoms with van der Waals surface area (Å²) in [6.45, 7) is 3.84. The fourth-order valence-corrected chi connectivity index (χ4v) is 3.57. The maximum absolute atomic E-state index is 12.7. The lowest BCUT2D eigenvalue weighted by Crippen LogP contribution is -2.43. The van der Waals surface area contributed by atoms with E-state index in [1.165, 1.54) is 0 Å². The number of hydrogen-bond donors (Lipinski definition) is 2. The van der Waals surface area contributed by atoms with Crippen molar-refractivity contribution in [1.29, 1.82) is 0 Å². The van der Waals surface area contributed by atoms with Crippen LogP contribution in [-0.4, -0.2) is 36.3 Å². The lowest BCUT2D eigenvalue weighted by molar-refractivity contribution is -0.122. The molecule has 29 heavy (non-hydrogen) atoms. The largest absolute Gasteiger partial charge is 0.325 e. The number of nitrogens with one attached hydrogen (secondary N) is 2. The molecule has 2 N–H and O–H groups in total. The molecule has 0 heterocycles. The Balaban J connectivity index is 1.62. The molecule has 0 aliphatic carbocycles. The molecule has 0 bridgehead atoms. The maximum atomic E-state index is 12.7. The van der Waals surface area contributed by atoms with Crippen LogP contribution in [0.1, 0.15) is 12.5 Å². The van der Waals surface area contributed by atoms with Gasteiger partial charge in [0.25, 0.3) is 0 Å². The Morgan fingerprint density at radius 3 is 2.48 bits per heavy atom. The SMILES string of the molecule is Cc1cc(Br)ccc1NC(=O)CN(C)[C@@H](C)C(=O)Nc1cccc2ccccc12. The van der Waals surface area contributed by atoms with Gasteiger partial charge in [-0.25, -0.2) is 0 Å². The number of likely N-dealkylation sites (N-methyl/N-ethyl adjacent to an activating group) is 1. The Bertz CT molecular complexity index is 1050. The van der Waals surface area contributed by atoms with Crippen molar-refractivity contribution in [1.82, 2.24) is 4.90 Å².